The summed E-state index contributed by atoms with van der Waals surface area (Å²) < 4.78 is 31.1. The van der Waals surface area contributed by atoms with Crippen LogP contribution in [0.2, 0.25) is 0 Å². The second kappa shape index (κ2) is 5.74. The predicted molar refractivity (Wildman–Crippen MR) is 58.4 cm³/mol. The van der Waals surface area contributed by atoms with Gasteiger partial charge in [0.15, 0.2) is 0 Å². The van der Waals surface area contributed by atoms with E-state index < -0.39 is 41.8 Å². The van der Waals surface area contributed by atoms with E-state index in [1.807, 2.05) is 0 Å². The van der Waals surface area contributed by atoms with Gasteiger partial charge in [-0.25, -0.2) is 8.78 Å². The molecule has 0 radical (unpaired) electrons. The number of methoxy groups -OCH3 is 1. The van der Waals surface area contributed by atoms with Crippen molar-refractivity contribution in [2.45, 2.75) is 18.6 Å². The predicted octanol–water partition coefficient (Wildman–Crippen LogP) is 0.504. The van der Waals surface area contributed by atoms with Crippen molar-refractivity contribution in [2.24, 2.45) is 0 Å². The van der Waals surface area contributed by atoms with E-state index in [0.29, 0.717) is 0 Å². The van der Waals surface area contributed by atoms with Crippen LogP contribution in [0, 0.1) is 11.6 Å². The van der Waals surface area contributed by atoms with Crippen molar-refractivity contribution in [2.75, 3.05) is 12.8 Å². The van der Waals surface area contributed by atoms with Crippen LogP contribution in [-0.2, 0) is 9.53 Å². The Kier molecular flexibility index (Phi) is 4.57. The Bertz CT molecular complexity index is 430. The van der Waals surface area contributed by atoms with Gasteiger partial charge in [-0.1, -0.05) is 0 Å². The summed E-state index contributed by atoms with van der Waals surface area (Å²) in [6.07, 6.45) is -4.14. The van der Waals surface area contributed by atoms with Gasteiger partial charge in [0.2, 0.25) is 0 Å². The third kappa shape index (κ3) is 3.14. The number of nitrogens with two attached hydrogens (primary N) is 1. The summed E-state index contributed by atoms with van der Waals surface area (Å²) >= 11 is 0. The molecule has 5 nitrogen and oxygen atoms in total. The number of carbonyl (C=O) groups is 1. The lowest BCUT2D eigenvalue weighted by Crippen LogP contribution is -2.24. The van der Waals surface area contributed by atoms with Gasteiger partial charge in [0, 0.05) is 5.69 Å². The molecular formula is C11H13F2NO4. The number of aliphatic hydroxyl groups excluding tert-OH is 2. The molecule has 0 saturated carbocycles. The molecule has 18 heavy (non-hydrogen) atoms. The highest BCUT2D eigenvalue weighted by Gasteiger charge is 2.27. The Morgan fingerprint density at radius 1 is 1.39 bits per heavy atom. The minimum atomic E-state index is -1.88. The van der Waals surface area contributed by atoms with E-state index in [-0.39, 0.29) is 5.69 Å². The first-order valence-corrected chi connectivity index (χ1v) is 5.04. The van der Waals surface area contributed by atoms with Crippen LogP contribution < -0.4 is 5.73 Å². The molecule has 1 aromatic rings. The number of anilines is 1. The molecule has 0 aliphatic heterocycles. The Labute approximate surface area is 102 Å². The van der Waals surface area contributed by atoms with Crippen molar-refractivity contribution in [3.63, 3.8) is 0 Å². The van der Waals surface area contributed by atoms with Gasteiger partial charge < -0.3 is 20.7 Å². The van der Waals surface area contributed by atoms with Crippen molar-refractivity contribution in [3.8, 4) is 0 Å². The molecule has 0 bridgehead atoms. The van der Waals surface area contributed by atoms with Crippen LogP contribution in [0.3, 0.4) is 0 Å². The molecule has 0 heterocycles. The summed E-state index contributed by atoms with van der Waals surface area (Å²) in [6.45, 7) is 0. The number of esters is 1. The Hall–Kier alpha value is -1.73. The molecule has 0 amide bonds. The second-order valence-corrected chi connectivity index (χ2v) is 3.69. The maximum absolute atomic E-state index is 13.4. The molecule has 2 unspecified atom stereocenters. The number of rotatable bonds is 4. The summed E-state index contributed by atoms with van der Waals surface area (Å²) in [4.78, 5) is 10.9. The van der Waals surface area contributed by atoms with E-state index >= 15 is 0 Å². The lowest BCUT2D eigenvalue weighted by Gasteiger charge is -2.18. The smallest absolute Gasteiger partial charge is 0.308 e. The highest BCUT2D eigenvalue weighted by atomic mass is 19.1. The van der Waals surface area contributed by atoms with Gasteiger partial charge in [0.05, 0.1) is 25.2 Å². The Morgan fingerprint density at radius 3 is 2.33 bits per heavy atom. The fraction of sp³-hybridized carbons (Fsp3) is 0.364. The first kappa shape index (κ1) is 14.3. The summed E-state index contributed by atoms with van der Waals surface area (Å²) in [7, 11) is 1.09. The standard InChI is InChI=1S/C11H13F2NO4/c1-18-9(16)4-8(15)11(17)10-6(12)2-5(14)3-7(10)13/h2-3,8,11,15,17H,4,14H2,1H3. The van der Waals surface area contributed by atoms with Crippen molar-refractivity contribution < 1.29 is 28.5 Å². The lowest BCUT2D eigenvalue weighted by atomic mass is 10.0. The molecule has 2 atom stereocenters. The summed E-state index contributed by atoms with van der Waals surface area (Å²) in [6, 6.07) is 1.62. The molecule has 7 heteroatoms. The highest BCUT2D eigenvalue weighted by molar-refractivity contribution is 5.69. The van der Waals surface area contributed by atoms with Crippen molar-refractivity contribution in [1.82, 2.24) is 0 Å². The molecule has 0 spiro atoms. The third-order valence-corrected chi connectivity index (χ3v) is 2.37. The first-order chi connectivity index (χ1) is 8.36. The fourth-order valence-corrected chi connectivity index (χ4v) is 1.44. The normalized spacial score (nSPS) is 14.1. The number of nitrogen functional groups attached to an aromatic ring is 1. The molecule has 0 aliphatic rings. The number of carbonyl (C=O) groups excluding carboxylic acids is 1. The molecular weight excluding hydrogens is 248 g/mol. The van der Waals surface area contributed by atoms with Gasteiger partial charge in [0.25, 0.3) is 0 Å². The zero-order chi connectivity index (χ0) is 13.9. The lowest BCUT2D eigenvalue weighted by molar-refractivity contribution is -0.144. The van der Waals surface area contributed by atoms with Crippen molar-refractivity contribution >= 4 is 11.7 Å². The number of ether oxygens (including phenoxy) is 1. The topological polar surface area (TPSA) is 92.8 Å². The highest BCUT2D eigenvalue weighted by Crippen LogP contribution is 2.26. The second-order valence-electron chi connectivity index (χ2n) is 3.69. The summed E-state index contributed by atoms with van der Waals surface area (Å²) in [5.74, 6) is -2.99. The van der Waals surface area contributed by atoms with Crippen LogP contribution in [0.1, 0.15) is 18.1 Å². The Morgan fingerprint density at radius 2 is 1.89 bits per heavy atom. The van der Waals surface area contributed by atoms with E-state index in [1.165, 1.54) is 0 Å². The molecule has 0 fully saturated rings. The number of hydrogen-bond acceptors (Lipinski definition) is 5. The van der Waals surface area contributed by atoms with E-state index in [4.69, 9.17) is 5.73 Å². The molecule has 0 saturated heterocycles. The molecule has 0 aromatic heterocycles. The van der Waals surface area contributed by atoms with E-state index in [0.717, 1.165) is 19.2 Å². The number of benzene rings is 1. The van der Waals surface area contributed by atoms with Crippen LogP contribution >= 0.6 is 0 Å². The quantitative estimate of drug-likeness (QED) is 0.542. The number of halogens is 2. The molecule has 0 aliphatic carbocycles. The van der Waals surface area contributed by atoms with Gasteiger partial charge in [0.1, 0.15) is 17.7 Å². The minimum absolute atomic E-state index is 0.150. The summed E-state index contributed by atoms with van der Waals surface area (Å²) in [5.41, 5.74) is 4.32. The van der Waals surface area contributed by atoms with Crippen LogP contribution in [0.4, 0.5) is 14.5 Å². The van der Waals surface area contributed by atoms with Gasteiger partial charge in [-0.05, 0) is 12.1 Å². The maximum atomic E-state index is 13.4. The van der Waals surface area contributed by atoms with Gasteiger partial charge >= 0.3 is 5.97 Å². The zero-order valence-corrected chi connectivity index (χ0v) is 9.56. The Balaban J connectivity index is 2.96. The van der Waals surface area contributed by atoms with E-state index in [1.54, 1.807) is 0 Å². The van der Waals surface area contributed by atoms with Crippen molar-refractivity contribution in [3.05, 3.63) is 29.3 Å². The maximum Gasteiger partial charge on any atom is 0.308 e. The zero-order valence-electron chi connectivity index (χ0n) is 9.56. The number of hydrogen-bond donors (Lipinski definition) is 3. The van der Waals surface area contributed by atoms with E-state index in [2.05, 4.69) is 4.74 Å². The van der Waals surface area contributed by atoms with Crippen LogP contribution in [0.25, 0.3) is 0 Å². The minimum Gasteiger partial charge on any atom is -0.469 e. The molecule has 4 N–H and O–H groups in total. The van der Waals surface area contributed by atoms with Gasteiger partial charge in [-0.2, -0.15) is 0 Å². The SMILES string of the molecule is COC(=O)CC(O)C(O)c1c(F)cc(N)cc1F. The molecule has 100 valence electrons. The number of aliphatic hydroxyl groups is 2. The average Bonchev–Trinajstić information content (AvgIpc) is 2.27. The molecule has 1 aromatic carbocycles. The summed E-state index contributed by atoms with van der Waals surface area (Å²) in [5, 5.41) is 19.1. The van der Waals surface area contributed by atoms with E-state index in [9.17, 15) is 23.8 Å². The van der Waals surface area contributed by atoms with Crippen LogP contribution in [-0.4, -0.2) is 29.4 Å². The first-order valence-electron chi connectivity index (χ1n) is 5.04. The van der Waals surface area contributed by atoms with Gasteiger partial charge in [-0.15, -0.1) is 0 Å². The van der Waals surface area contributed by atoms with Gasteiger partial charge in [-0.3, -0.25) is 4.79 Å². The average molecular weight is 261 g/mol. The van der Waals surface area contributed by atoms with Crippen LogP contribution in [0.5, 0.6) is 0 Å². The molecule has 1 rings (SSSR count). The monoisotopic (exact) mass is 261 g/mol. The van der Waals surface area contributed by atoms with Crippen molar-refractivity contribution in [1.29, 1.82) is 0 Å². The fourth-order valence-electron chi connectivity index (χ4n) is 1.44. The third-order valence-electron chi connectivity index (χ3n) is 2.37. The van der Waals surface area contributed by atoms with Crippen LogP contribution in [0.15, 0.2) is 12.1 Å². The largest absolute Gasteiger partial charge is 0.469 e.